The van der Waals surface area contributed by atoms with E-state index in [-0.39, 0.29) is 17.3 Å². The quantitative estimate of drug-likeness (QED) is 0.644. The van der Waals surface area contributed by atoms with Crippen molar-refractivity contribution in [3.05, 3.63) is 57.5 Å². The number of halogens is 3. The van der Waals surface area contributed by atoms with Gasteiger partial charge in [0.25, 0.3) is 5.56 Å². The average Bonchev–Trinajstić information content (AvgIpc) is 2.43. The Morgan fingerprint density at radius 2 is 1.96 bits per heavy atom. The maximum absolute atomic E-state index is 12.6. The number of carbonyl (C=O) groups is 1. The zero-order chi connectivity index (χ0) is 17.0. The number of thioether (sulfide) groups is 1. The molecule has 1 heterocycles. The van der Waals surface area contributed by atoms with Crippen molar-refractivity contribution < 1.29 is 23.1 Å². The highest BCUT2D eigenvalue weighted by atomic mass is 32.2. The van der Waals surface area contributed by atoms with Crippen molar-refractivity contribution in [2.24, 2.45) is 0 Å². The molecule has 2 aromatic rings. The molecule has 0 amide bonds. The maximum atomic E-state index is 12.6. The van der Waals surface area contributed by atoms with Crippen LogP contribution in [0.2, 0.25) is 0 Å². The number of nitrogens with one attached hydrogen (secondary N) is 1. The molecule has 0 radical (unpaired) electrons. The maximum Gasteiger partial charge on any atom is 0.433 e. The molecule has 0 fully saturated rings. The van der Waals surface area contributed by atoms with Gasteiger partial charge in [-0.25, -0.2) is 4.98 Å². The molecular formula is C14H11F3N2O3S. The Labute approximate surface area is 132 Å². The minimum absolute atomic E-state index is 0.142. The summed E-state index contributed by atoms with van der Waals surface area (Å²) < 4.78 is 37.8. The first kappa shape index (κ1) is 17.1. The first-order valence-corrected chi connectivity index (χ1v) is 7.33. The summed E-state index contributed by atoms with van der Waals surface area (Å²) in [4.78, 5) is 27.6. The molecule has 0 spiro atoms. The number of carboxylic acids is 1. The van der Waals surface area contributed by atoms with Crippen molar-refractivity contribution in [2.75, 3.05) is 0 Å². The lowest BCUT2D eigenvalue weighted by molar-refractivity contribution is -0.141. The van der Waals surface area contributed by atoms with Crippen molar-refractivity contribution in [3.63, 3.8) is 0 Å². The minimum atomic E-state index is -4.69. The topological polar surface area (TPSA) is 83.0 Å². The molecule has 1 aromatic carbocycles. The lowest BCUT2D eigenvalue weighted by Gasteiger charge is -2.07. The van der Waals surface area contributed by atoms with E-state index in [9.17, 15) is 22.8 Å². The Bertz CT molecular complexity index is 774. The molecule has 122 valence electrons. The highest BCUT2D eigenvalue weighted by Crippen LogP contribution is 2.28. The van der Waals surface area contributed by atoms with E-state index in [1.165, 1.54) is 0 Å². The normalized spacial score (nSPS) is 11.4. The number of hydrogen-bond acceptors (Lipinski definition) is 4. The van der Waals surface area contributed by atoms with E-state index in [0.717, 1.165) is 11.8 Å². The average molecular weight is 344 g/mol. The predicted molar refractivity (Wildman–Crippen MR) is 77.2 cm³/mol. The SMILES string of the molecule is O=C(O)Cc1cccc(CSc2nc(C(F)(F)F)cc(=O)[nH]2)c1. The van der Waals surface area contributed by atoms with Crippen molar-refractivity contribution >= 4 is 17.7 Å². The van der Waals surface area contributed by atoms with Gasteiger partial charge in [-0.1, -0.05) is 36.0 Å². The van der Waals surface area contributed by atoms with Crippen molar-refractivity contribution in [3.8, 4) is 0 Å². The Balaban J connectivity index is 2.13. The van der Waals surface area contributed by atoms with Crippen molar-refractivity contribution in [2.45, 2.75) is 23.5 Å². The van der Waals surface area contributed by atoms with E-state index in [0.29, 0.717) is 17.2 Å². The molecule has 0 saturated heterocycles. The summed E-state index contributed by atoms with van der Waals surface area (Å²) in [5, 5.41) is 8.60. The molecule has 0 aliphatic heterocycles. The Hall–Kier alpha value is -2.29. The van der Waals surface area contributed by atoms with E-state index in [1.807, 2.05) is 0 Å². The number of H-pyrrole nitrogens is 1. The fourth-order valence-corrected chi connectivity index (χ4v) is 2.62. The van der Waals surface area contributed by atoms with Crippen molar-refractivity contribution in [1.29, 1.82) is 0 Å². The third-order valence-electron chi connectivity index (χ3n) is 2.73. The fraction of sp³-hybridized carbons (Fsp3) is 0.214. The van der Waals surface area contributed by atoms with Gasteiger partial charge >= 0.3 is 12.1 Å². The Morgan fingerprint density at radius 1 is 1.26 bits per heavy atom. The van der Waals surface area contributed by atoms with Crippen LogP contribution >= 0.6 is 11.8 Å². The summed E-state index contributed by atoms with van der Waals surface area (Å²) >= 11 is 0.931. The van der Waals surface area contributed by atoms with Crippen LogP contribution in [0.15, 0.2) is 40.3 Å². The molecule has 2 rings (SSSR count). The van der Waals surface area contributed by atoms with Crippen LogP contribution in [-0.4, -0.2) is 21.0 Å². The summed E-state index contributed by atoms with van der Waals surface area (Å²) in [5.74, 6) is -0.726. The molecule has 0 unspecified atom stereocenters. The molecule has 0 aliphatic rings. The molecular weight excluding hydrogens is 333 g/mol. The number of aromatic amines is 1. The molecule has 5 nitrogen and oxygen atoms in total. The number of aromatic nitrogens is 2. The third-order valence-corrected chi connectivity index (χ3v) is 3.68. The largest absolute Gasteiger partial charge is 0.481 e. The van der Waals surface area contributed by atoms with Gasteiger partial charge in [0.1, 0.15) is 0 Å². The number of aliphatic carboxylic acids is 1. The van der Waals surface area contributed by atoms with Crippen molar-refractivity contribution in [1.82, 2.24) is 9.97 Å². The van der Waals surface area contributed by atoms with Crippen LogP contribution in [0, 0.1) is 0 Å². The van der Waals surface area contributed by atoms with Gasteiger partial charge in [0.2, 0.25) is 0 Å². The van der Waals surface area contributed by atoms with Crippen LogP contribution in [0.25, 0.3) is 0 Å². The second-order valence-electron chi connectivity index (χ2n) is 4.61. The van der Waals surface area contributed by atoms with Crippen LogP contribution in [0.5, 0.6) is 0 Å². The highest BCUT2D eigenvalue weighted by molar-refractivity contribution is 7.98. The number of benzene rings is 1. The summed E-state index contributed by atoms with van der Waals surface area (Å²) in [6.45, 7) is 0. The van der Waals surface area contributed by atoms with E-state index >= 15 is 0 Å². The molecule has 0 atom stereocenters. The van der Waals surface area contributed by atoms with Gasteiger partial charge in [-0.15, -0.1) is 0 Å². The highest BCUT2D eigenvalue weighted by Gasteiger charge is 2.33. The zero-order valence-electron chi connectivity index (χ0n) is 11.6. The smallest absolute Gasteiger partial charge is 0.433 e. The van der Waals surface area contributed by atoms with Gasteiger partial charge in [0.05, 0.1) is 6.42 Å². The molecule has 9 heteroatoms. The van der Waals surface area contributed by atoms with Gasteiger partial charge in [0, 0.05) is 11.8 Å². The van der Waals surface area contributed by atoms with Gasteiger partial charge in [0.15, 0.2) is 10.9 Å². The first-order valence-electron chi connectivity index (χ1n) is 6.35. The van der Waals surface area contributed by atoms with Crippen LogP contribution in [-0.2, 0) is 23.1 Å². The molecule has 2 N–H and O–H groups in total. The van der Waals surface area contributed by atoms with Crippen LogP contribution in [0.3, 0.4) is 0 Å². The third kappa shape index (κ3) is 5.13. The summed E-state index contributed by atoms with van der Waals surface area (Å²) in [6.07, 6.45) is -4.83. The molecule has 23 heavy (non-hydrogen) atoms. The van der Waals surface area contributed by atoms with E-state index in [1.54, 1.807) is 24.3 Å². The number of alkyl halides is 3. The summed E-state index contributed by atoms with van der Waals surface area (Å²) in [7, 11) is 0. The molecule has 0 aliphatic carbocycles. The van der Waals surface area contributed by atoms with Crippen LogP contribution in [0.1, 0.15) is 16.8 Å². The van der Waals surface area contributed by atoms with E-state index < -0.39 is 23.4 Å². The van der Waals surface area contributed by atoms with E-state index in [2.05, 4.69) is 9.97 Å². The minimum Gasteiger partial charge on any atom is -0.481 e. The van der Waals surface area contributed by atoms with Gasteiger partial charge in [-0.05, 0) is 11.1 Å². The number of rotatable bonds is 5. The van der Waals surface area contributed by atoms with Gasteiger partial charge in [-0.2, -0.15) is 13.2 Å². The number of nitrogens with zero attached hydrogens (tertiary/aromatic N) is 1. The predicted octanol–water partition coefficient (Wildman–Crippen LogP) is 2.71. The first-order chi connectivity index (χ1) is 10.7. The fourth-order valence-electron chi connectivity index (χ4n) is 1.80. The zero-order valence-corrected chi connectivity index (χ0v) is 12.4. The lowest BCUT2D eigenvalue weighted by Crippen LogP contribution is -2.16. The lowest BCUT2D eigenvalue weighted by atomic mass is 10.1. The molecule has 0 bridgehead atoms. The second-order valence-corrected chi connectivity index (χ2v) is 5.58. The number of carboxylic acid groups (broad SMARTS) is 1. The molecule has 1 aromatic heterocycles. The van der Waals surface area contributed by atoms with Crippen LogP contribution < -0.4 is 5.56 Å². The monoisotopic (exact) mass is 344 g/mol. The Kier molecular flexibility index (Phi) is 5.09. The summed E-state index contributed by atoms with van der Waals surface area (Å²) in [6, 6.07) is 7.07. The standard InChI is InChI=1S/C14H11F3N2O3S/c15-14(16,17)10-6-11(20)19-13(18-10)23-7-9-3-1-2-8(4-9)5-12(21)22/h1-4,6H,5,7H2,(H,21,22)(H,18,19,20). The van der Waals surface area contributed by atoms with Crippen LogP contribution in [0.4, 0.5) is 13.2 Å². The number of hydrogen-bond donors (Lipinski definition) is 2. The summed E-state index contributed by atoms with van der Waals surface area (Å²) in [5.41, 5.74) is -0.826. The Morgan fingerprint density at radius 3 is 2.61 bits per heavy atom. The second kappa shape index (κ2) is 6.86. The molecule has 0 saturated carbocycles. The van der Waals surface area contributed by atoms with Gasteiger partial charge < -0.3 is 10.1 Å². The van der Waals surface area contributed by atoms with Gasteiger partial charge in [-0.3, -0.25) is 9.59 Å². The van der Waals surface area contributed by atoms with E-state index in [4.69, 9.17) is 5.11 Å².